The Kier molecular flexibility index (Phi) is 6.06. The van der Waals surface area contributed by atoms with Crippen LogP contribution in [0.3, 0.4) is 0 Å². The zero-order chi connectivity index (χ0) is 14.5. The number of halogens is 3. The molecule has 19 heavy (non-hydrogen) atoms. The van der Waals surface area contributed by atoms with Gasteiger partial charge < -0.3 is 15.8 Å². The summed E-state index contributed by atoms with van der Waals surface area (Å²) in [5.41, 5.74) is 5.86. The largest absolute Gasteiger partial charge is 0.411 e. The normalized spacial score (nSPS) is 25.3. The van der Waals surface area contributed by atoms with Gasteiger partial charge >= 0.3 is 6.18 Å². The summed E-state index contributed by atoms with van der Waals surface area (Å²) in [6.45, 7) is 0.172. The molecule has 1 fully saturated rings. The summed E-state index contributed by atoms with van der Waals surface area (Å²) in [6, 6.07) is -0.380. The second-order valence-corrected chi connectivity index (χ2v) is 5.16. The van der Waals surface area contributed by atoms with Crippen LogP contribution in [-0.4, -0.2) is 37.4 Å². The molecule has 1 rings (SSSR count). The molecule has 0 radical (unpaired) electrons. The maximum Gasteiger partial charge on any atom is 0.411 e. The number of hydrogen-bond acceptors (Lipinski definition) is 3. The molecule has 0 aromatic rings. The molecule has 3 N–H and O–H groups in total. The van der Waals surface area contributed by atoms with Crippen molar-refractivity contribution < 1.29 is 22.7 Å². The highest BCUT2D eigenvalue weighted by molar-refractivity contribution is 5.76. The van der Waals surface area contributed by atoms with Crippen molar-refractivity contribution in [3.8, 4) is 0 Å². The Balaban J connectivity index is 2.17. The molecule has 0 aliphatic heterocycles. The minimum atomic E-state index is -4.33. The molecule has 1 amide bonds. The van der Waals surface area contributed by atoms with Gasteiger partial charge in [0.1, 0.15) is 6.61 Å². The summed E-state index contributed by atoms with van der Waals surface area (Å²) in [6.07, 6.45) is -1.09. The lowest BCUT2D eigenvalue weighted by molar-refractivity contribution is -0.175. The van der Waals surface area contributed by atoms with Crippen LogP contribution in [0.1, 0.15) is 32.6 Å². The number of carbonyl (C=O) groups excluding carboxylic acids is 1. The summed E-state index contributed by atoms with van der Waals surface area (Å²) < 4.78 is 40.1. The van der Waals surface area contributed by atoms with E-state index in [9.17, 15) is 18.0 Å². The van der Waals surface area contributed by atoms with Crippen LogP contribution >= 0.6 is 0 Å². The standard InChI is InChI=1S/C12H21F3N2O2/c1-8(6-19-7-12(13,14)15)17-11(18)5-9-3-2-4-10(9)16/h8-10H,2-7,16H2,1H3,(H,17,18)/t8?,9-,10+/m0/s1. The van der Waals surface area contributed by atoms with E-state index in [2.05, 4.69) is 10.1 Å². The molecule has 112 valence electrons. The Morgan fingerprint density at radius 2 is 2.16 bits per heavy atom. The third-order valence-electron chi connectivity index (χ3n) is 3.21. The number of nitrogens with two attached hydrogens (primary N) is 1. The number of nitrogens with one attached hydrogen (secondary N) is 1. The van der Waals surface area contributed by atoms with Crippen LogP contribution in [-0.2, 0) is 9.53 Å². The van der Waals surface area contributed by atoms with Crippen LogP contribution in [0.2, 0.25) is 0 Å². The highest BCUT2D eigenvalue weighted by atomic mass is 19.4. The number of amides is 1. The van der Waals surface area contributed by atoms with Gasteiger partial charge in [0.05, 0.1) is 6.61 Å². The van der Waals surface area contributed by atoms with Gasteiger partial charge in [-0.25, -0.2) is 0 Å². The second-order valence-electron chi connectivity index (χ2n) is 5.16. The molecule has 4 nitrogen and oxygen atoms in total. The zero-order valence-corrected chi connectivity index (χ0v) is 11.0. The van der Waals surface area contributed by atoms with Gasteiger partial charge in [0.2, 0.25) is 5.91 Å². The molecule has 1 saturated carbocycles. The van der Waals surface area contributed by atoms with E-state index in [0.29, 0.717) is 6.42 Å². The first-order valence-corrected chi connectivity index (χ1v) is 6.47. The highest BCUT2D eigenvalue weighted by Crippen LogP contribution is 2.26. The Bertz CT molecular complexity index is 297. The van der Waals surface area contributed by atoms with E-state index in [4.69, 9.17) is 5.73 Å². The quantitative estimate of drug-likeness (QED) is 0.777. The van der Waals surface area contributed by atoms with Crippen LogP contribution in [0.5, 0.6) is 0 Å². The Labute approximate surface area is 110 Å². The van der Waals surface area contributed by atoms with Gasteiger partial charge in [0, 0.05) is 18.5 Å². The van der Waals surface area contributed by atoms with Gasteiger partial charge in [-0.05, 0) is 25.7 Å². The van der Waals surface area contributed by atoms with E-state index in [1.165, 1.54) is 0 Å². The number of hydrogen-bond donors (Lipinski definition) is 2. The Hall–Kier alpha value is -0.820. The van der Waals surface area contributed by atoms with Crippen molar-refractivity contribution in [3.63, 3.8) is 0 Å². The molecule has 0 aromatic heterocycles. The fourth-order valence-electron chi connectivity index (χ4n) is 2.28. The van der Waals surface area contributed by atoms with Gasteiger partial charge in [0.15, 0.2) is 0 Å². The molecule has 3 atom stereocenters. The summed E-state index contributed by atoms with van der Waals surface area (Å²) in [7, 11) is 0. The first-order chi connectivity index (χ1) is 8.78. The first-order valence-electron chi connectivity index (χ1n) is 6.47. The number of alkyl halides is 3. The van der Waals surface area contributed by atoms with Gasteiger partial charge in [-0.3, -0.25) is 4.79 Å². The number of rotatable bonds is 6. The smallest absolute Gasteiger partial charge is 0.370 e. The monoisotopic (exact) mass is 282 g/mol. The van der Waals surface area contributed by atoms with Crippen LogP contribution in [0.4, 0.5) is 13.2 Å². The average molecular weight is 282 g/mol. The van der Waals surface area contributed by atoms with E-state index in [1.54, 1.807) is 6.92 Å². The lowest BCUT2D eigenvalue weighted by Gasteiger charge is -2.18. The van der Waals surface area contributed by atoms with E-state index in [-0.39, 0.29) is 24.5 Å². The Morgan fingerprint density at radius 3 is 2.68 bits per heavy atom. The third kappa shape index (κ3) is 6.77. The molecule has 0 aromatic carbocycles. The van der Waals surface area contributed by atoms with Crippen LogP contribution < -0.4 is 11.1 Å². The highest BCUT2D eigenvalue weighted by Gasteiger charge is 2.28. The van der Waals surface area contributed by atoms with E-state index in [0.717, 1.165) is 19.3 Å². The maximum atomic E-state index is 11.9. The SMILES string of the molecule is CC(COCC(F)(F)F)NC(=O)C[C@@H]1CCC[C@H]1N. The lowest BCUT2D eigenvalue weighted by Crippen LogP contribution is -2.39. The number of ether oxygens (including phenoxy) is 1. The van der Waals surface area contributed by atoms with Crippen molar-refractivity contribution >= 4 is 5.91 Å². The van der Waals surface area contributed by atoms with Crippen molar-refractivity contribution in [2.75, 3.05) is 13.2 Å². The van der Waals surface area contributed by atoms with Crippen molar-refractivity contribution in [1.29, 1.82) is 0 Å². The van der Waals surface area contributed by atoms with Gasteiger partial charge in [-0.1, -0.05) is 6.42 Å². The van der Waals surface area contributed by atoms with Crippen LogP contribution in [0.15, 0.2) is 0 Å². The second kappa shape index (κ2) is 7.09. The molecule has 1 unspecified atom stereocenters. The lowest BCUT2D eigenvalue weighted by atomic mass is 10.00. The van der Waals surface area contributed by atoms with Crippen molar-refractivity contribution in [1.82, 2.24) is 5.32 Å². The van der Waals surface area contributed by atoms with Crippen LogP contribution in [0.25, 0.3) is 0 Å². The predicted octanol–water partition coefficient (Wildman–Crippen LogP) is 1.59. The fourth-order valence-corrected chi connectivity index (χ4v) is 2.28. The van der Waals surface area contributed by atoms with Gasteiger partial charge in [0.25, 0.3) is 0 Å². The third-order valence-corrected chi connectivity index (χ3v) is 3.21. The summed E-state index contributed by atoms with van der Waals surface area (Å²) in [5, 5.41) is 2.63. The molecule has 7 heteroatoms. The van der Waals surface area contributed by atoms with Crippen molar-refractivity contribution in [3.05, 3.63) is 0 Å². The minimum Gasteiger partial charge on any atom is -0.370 e. The van der Waals surface area contributed by atoms with E-state index >= 15 is 0 Å². The summed E-state index contributed by atoms with van der Waals surface area (Å²) in [4.78, 5) is 11.7. The van der Waals surface area contributed by atoms with E-state index < -0.39 is 18.8 Å². The van der Waals surface area contributed by atoms with Gasteiger partial charge in [-0.2, -0.15) is 13.2 Å². The maximum absolute atomic E-state index is 11.9. The van der Waals surface area contributed by atoms with E-state index in [1.807, 2.05) is 0 Å². The summed E-state index contributed by atoms with van der Waals surface area (Å²) >= 11 is 0. The fraction of sp³-hybridized carbons (Fsp3) is 0.917. The molecular formula is C12H21F3N2O2. The molecule has 0 saturated heterocycles. The molecule has 0 spiro atoms. The Morgan fingerprint density at radius 1 is 1.47 bits per heavy atom. The van der Waals surface area contributed by atoms with Crippen molar-refractivity contribution in [2.45, 2.75) is 50.9 Å². The minimum absolute atomic E-state index is 0.0579. The predicted molar refractivity (Wildman–Crippen MR) is 64.4 cm³/mol. The molecule has 1 aliphatic carbocycles. The number of carbonyl (C=O) groups is 1. The average Bonchev–Trinajstić information content (AvgIpc) is 2.62. The molecule has 0 heterocycles. The molecule has 1 aliphatic rings. The zero-order valence-electron chi connectivity index (χ0n) is 11.0. The van der Waals surface area contributed by atoms with Crippen LogP contribution in [0, 0.1) is 5.92 Å². The summed E-state index contributed by atoms with van der Waals surface area (Å²) in [5.74, 6) is 0.00810. The topological polar surface area (TPSA) is 64.3 Å². The van der Waals surface area contributed by atoms with Gasteiger partial charge in [-0.15, -0.1) is 0 Å². The first kappa shape index (κ1) is 16.2. The van der Waals surface area contributed by atoms with Crippen molar-refractivity contribution in [2.24, 2.45) is 11.7 Å². The molecular weight excluding hydrogens is 261 g/mol. The molecule has 0 bridgehead atoms.